The van der Waals surface area contributed by atoms with Gasteiger partial charge in [-0.2, -0.15) is 5.10 Å². The summed E-state index contributed by atoms with van der Waals surface area (Å²) in [5.41, 5.74) is 3.23. The Hall–Kier alpha value is -2.25. The van der Waals surface area contributed by atoms with Gasteiger partial charge in [0, 0.05) is 32.7 Å². The van der Waals surface area contributed by atoms with Gasteiger partial charge in [0.05, 0.1) is 27.2 Å². The average molecular weight is 382 g/mol. The number of hydrogen-bond acceptors (Lipinski definition) is 5. The van der Waals surface area contributed by atoms with Crippen molar-refractivity contribution in [2.45, 2.75) is 25.8 Å². The third kappa shape index (κ3) is 2.76. The van der Waals surface area contributed by atoms with Crippen LogP contribution in [-0.2, 0) is 7.05 Å². The minimum Gasteiger partial charge on any atom is -0.336 e. The molecule has 140 valence electrons. The lowest BCUT2D eigenvalue weighted by atomic mass is 10.1. The van der Waals surface area contributed by atoms with Crippen LogP contribution < -0.4 is 0 Å². The SMILES string of the molecule is Cc1nn(C)c2nc(-c3cccs3)cc(C(=O)N3CCN4CCCC4C3)c12. The summed E-state index contributed by atoms with van der Waals surface area (Å²) in [5.74, 6) is 0.114. The van der Waals surface area contributed by atoms with Crippen LogP contribution in [0.4, 0.5) is 0 Å². The van der Waals surface area contributed by atoms with Crippen molar-refractivity contribution in [2.24, 2.45) is 7.05 Å². The molecule has 0 bridgehead atoms. The molecule has 7 heteroatoms. The topological polar surface area (TPSA) is 54.3 Å². The van der Waals surface area contributed by atoms with E-state index in [9.17, 15) is 4.79 Å². The fourth-order valence-electron chi connectivity index (χ4n) is 4.51. The summed E-state index contributed by atoms with van der Waals surface area (Å²) < 4.78 is 1.79. The van der Waals surface area contributed by atoms with Crippen LogP contribution >= 0.6 is 11.3 Å². The number of aryl methyl sites for hydroxylation is 2. The predicted molar refractivity (Wildman–Crippen MR) is 107 cm³/mol. The summed E-state index contributed by atoms with van der Waals surface area (Å²) in [6, 6.07) is 6.55. The van der Waals surface area contributed by atoms with Crippen molar-refractivity contribution in [3.8, 4) is 10.6 Å². The number of hydrogen-bond donors (Lipinski definition) is 0. The quantitative estimate of drug-likeness (QED) is 0.685. The molecule has 0 N–H and O–H groups in total. The van der Waals surface area contributed by atoms with E-state index in [1.54, 1.807) is 16.0 Å². The number of rotatable bonds is 2. The largest absolute Gasteiger partial charge is 0.336 e. The van der Waals surface area contributed by atoms with Gasteiger partial charge in [0.1, 0.15) is 0 Å². The molecular formula is C20H23N5OS. The van der Waals surface area contributed by atoms with Crippen molar-refractivity contribution >= 4 is 28.3 Å². The molecule has 27 heavy (non-hydrogen) atoms. The molecule has 1 amide bonds. The maximum atomic E-state index is 13.5. The Bertz CT molecular complexity index is 1010. The van der Waals surface area contributed by atoms with E-state index in [0.29, 0.717) is 6.04 Å². The molecule has 1 unspecified atom stereocenters. The van der Waals surface area contributed by atoms with Gasteiger partial charge >= 0.3 is 0 Å². The number of thiophene rings is 1. The molecule has 2 aliphatic heterocycles. The molecule has 6 nitrogen and oxygen atoms in total. The average Bonchev–Trinajstić information content (AvgIpc) is 3.41. The Morgan fingerprint density at radius 2 is 2.19 bits per heavy atom. The van der Waals surface area contributed by atoms with Gasteiger partial charge in [0.2, 0.25) is 0 Å². The number of piperazine rings is 1. The third-order valence-electron chi connectivity index (χ3n) is 5.85. The van der Waals surface area contributed by atoms with Gasteiger partial charge in [0.15, 0.2) is 5.65 Å². The number of nitrogens with zero attached hydrogens (tertiary/aromatic N) is 5. The molecule has 0 spiro atoms. The summed E-state index contributed by atoms with van der Waals surface area (Å²) in [6.45, 7) is 5.74. The highest BCUT2D eigenvalue weighted by atomic mass is 32.1. The molecule has 5 heterocycles. The number of amides is 1. The highest BCUT2D eigenvalue weighted by molar-refractivity contribution is 7.13. The summed E-state index contributed by atoms with van der Waals surface area (Å²) in [7, 11) is 1.89. The Kier molecular flexibility index (Phi) is 4.02. The fourth-order valence-corrected chi connectivity index (χ4v) is 5.20. The van der Waals surface area contributed by atoms with Crippen LogP contribution in [0.5, 0.6) is 0 Å². The number of carbonyl (C=O) groups excluding carboxylic acids is 1. The van der Waals surface area contributed by atoms with E-state index in [-0.39, 0.29) is 5.91 Å². The second-order valence-corrected chi connectivity index (χ2v) is 8.47. The Morgan fingerprint density at radius 3 is 3.00 bits per heavy atom. The molecule has 5 rings (SSSR count). The van der Waals surface area contributed by atoms with E-state index < -0.39 is 0 Å². The molecule has 1 atom stereocenters. The zero-order valence-corrected chi connectivity index (χ0v) is 16.5. The first kappa shape index (κ1) is 16.9. The number of fused-ring (bicyclic) bond motifs is 2. The molecule has 3 aromatic heterocycles. The summed E-state index contributed by atoms with van der Waals surface area (Å²) in [6.07, 6.45) is 2.44. The lowest BCUT2D eigenvalue weighted by Crippen LogP contribution is -2.52. The lowest BCUT2D eigenvalue weighted by molar-refractivity contribution is 0.0573. The third-order valence-corrected chi connectivity index (χ3v) is 6.74. The zero-order chi connectivity index (χ0) is 18.5. The first-order valence-electron chi connectivity index (χ1n) is 9.53. The standard InChI is InChI=1S/C20H23N5OS/c1-13-18-15(20(26)25-9-8-24-7-3-5-14(24)12-25)11-16(17-6-4-10-27-17)21-19(18)23(2)22-13/h4,6,10-11,14H,3,5,7-9,12H2,1-2H3. The van der Waals surface area contributed by atoms with Crippen LogP contribution in [0.2, 0.25) is 0 Å². The van der Waals surface area contributed by atoms with Crippen LogP contribution in [0.15, 0.2) is 23.6 Å². The van der Waals surface area contributed by atoms with E-state index in [1.165, 1.54) is 19.4 Å². The molecular weight excluding hydrogens is 358 g/mol. The van der Waals surface area contributed by atoms with Gasteiger partial charge in [-0.05, 0) is 43.8 Å². The fraction of sp³-hybridized carbons (Fsp3) is 0.450. The molecule has 3 aromatic rings. The van der Waals surface area contributed by atoms with Crippen molar-refractivity contribution in [1.29, 1.82) is 0 Å². The number of pyridine rings is 1. The van der Waals surface area contributed by atoms with E-state index in [2.05, 4.69) is 10.00 Å². The summed E-state index contributed by atoms with van der Waals surface area (Å²) in [5, 5.41) is 7.46. The maximum Gasteiger partial charge on any atom is 0.254 e. The van der Waals surface area contributed by atoms with Crippen LogP contribution in [0.25, 0.3) is 21.6 Å². The first-order valence-corrected chi connectivity index (χ1v) is 10.4. The zero-order valence-electron chi connectivity index (χ0n) is 15.7. The molecule has 2 aliphatic rings. The van der Waals surface area contributed by atoms with Gasteiger partial charge in [-0.25, -0.2) is 4.98 Å². The van der Waals surface area contributed by atoms with Crippen molar-refractivity contribution in [3.05, 3.63) is 34.8 Å². The van der Waals surface area contributed by atoms with Crippen LogP contribution in [0, 0.1) is 6.92 Å². The summed E-state index contributed by atoms with van der Waals surface area (Å²) >= 11 is 1.64. The minimum absolute atomic E-state index is 0.114. The van der Waals surface area contributed by atoms with Crippen molar-refractivity contribution in [3.63, 3.8) is 0 Å². The molecule has 0 radical (unpaired) electrons. The Labute approximate surface area is 162 Å². The molecule has 2 saturated heterocycles. The van der Waals surface area contributed by atoms with E-state index in [0.717, 1.165) is 52.5 Å². The van der Waals surface area contributed by atoms with Gasteiger partial charge in [-0.1, -0.05) is 6.07 Å². The number of aromatic nitrogens is 3. The highest BCUT2D eigenvalue weighted by Gasteiger charge is 2.34. The van der Waals surface area contributed by atoms with Gasteiger partial charge in [0.25, 0.3) is 5.91 Å². The lowest BCUT2D eigenvalue weighted by Gasteiger charge is -2.37. The highest BCUT2D eigenvalue weighted by Crippen LogP contribution is 2.31. The van der Waals surface area contributed by atoms with Gasteiger partial charge in [-0.3, -0.25) is 14.4 Å². The number of carbonyl (C=O) groups is 1. The molecule has 2 fully saturated rings. The molecule has 0 saturated carbocycles. The van der Waals surface area contributed by atoms with Crippen molar-refractivity contribution in [2.75, 3.05) is 26.2 Å². The van der Waals surface area contributed by atoms with E-state index >= 15 is 0 Å². The Balaban J connectivity index is 1.59. The van der Waals surface area contributed by atoms with E-state index in [1.807, 2.05) is 42.5 Å². The van der Waals surface area contributed by atoms with Gasteiger partial charge < -0.3 is 4.90 Å². The van der Waals surface area contributed by atoms with Crippen molar-refractivity contribution < 1.29 is 4.79 Å². The monoisotopic (exact) mass is 381 g/mol. The Morgan fingerprint density at radius 1 is 1.30 bits per heavy atom. The predicted octanol–water partition coefficient (Wildman–Crippen LogP) is 2.93. The summed E-state index contributed by atoms with van der Waals surface area (Å²) in [4.78, 5) is 24.0. The molecule has 0 aromatic carbocycles. The second-order valence-electron chi connectivity index (χ2n) is 7.52. The van der Waals surface area contributed by atoms with Crippen LogP contribution in [-0.4, -0.2) is 62.7 Å². The van der Waals surface area contributed by atoms with E-state index in [4.69, 9.17) is 4.98 Å². The first-order chi connectivity index (χ1) is 13.1. The maximum absolute atomic E-state index is 13.5. The molecule has 0 aliphatic carbocycles. The van der Waals surface area contributed by atoms with Crippen LogP contribution in [0.1, 0.15) is 28.9 Å². The van der Waals surface area contributed by atoms with Gasteiger partial charge in [-0.15, -0.1) is 11.3 Å². The van der Waals surface area contributed by atoms with Crippen molar-refractivity contribution in [1.82, 2.24) is 24.6 Å². The normalized spacial score (nSPS) is 20.4. The smallest absolute Gasteiger partial charge is 0.254 e. The van der Waals surface area contributed by atoms with Crippen LogP contribution in [0.3, 0.4) is 0 Å². The second kappa shape index (κ2) is 6.42. The minimum atomic E-state index is 0.114.